The monoisotopic (exact) mass is 321 g/mol. The molecule has 98 valence electrons. The predicted molar refractivity (Wildman–Crippen MR) is 78.0 cm³/mol. The van der Waals surface area contributed by atoms with Crippen molar-refractivity contribution < 1.29 is 9.18 Å². The zero-order valence-electron chi connectivity index (χ0n) is 10.6. The Morgan fingerprint density at radius 1 is 1.11 bits per heavy atom. The predicted octanol–water partition coefficient (Wildman–Crippen LogP) is 4.46. The molecule has 2 rings (SSSR count). The highest BCUT2D eigenvalue weighted by Gasteiger charge is 2.08. The third kappa shape index (κ3) is 3.20. The van der Waals surface area contributed by atoms with Crippen molar-refractivity contribution in [1.82, 2.24) is 0 Å². The van der Waals surface area contributed by atoms with Crippen molar-refractivity contribution in [3.63, 3.8) is 0 Å². The van der Waals surface area contributed by atoms with Crippen LogP contribution < -0.4 is 5.32 Å². The number of anilines is 1. The van der Waals surface area contributed by atoms with E-state index < -0.39 is 0 Å². The highest BCUT2D eigenvalue weighted by Crippen LogP contribution is 2.19. The Balaban J connectivity index is 2.20. The van der Waals surface area contributed by atoms with Crippen molar-refractivity contribution in [2.75, 3.05) is 5.32 Å². The number of benzene rings is 2. The summed E-state index contributed by atoms with van der Waals surface area (Å²) in [4.78, 5) is 12.1. The van der Waals surface area contributed by atoms with Crippen molar-refractivity contribution in [3.8, 4) is 0 Å². The van der Waals surface area contributed by atoms with Gasteiger partial charge in [0, 0.05) is 15.7 Å². The van der Waals surface area contributed by atoms with Crippen molar-refractivity contribution >= 4 is 27.5 Å². The number of amides is 1. The summed E-state index contributed by atoms with van der Waals surface area (Å²) in [7, 11) is 0. The number of carbonyl (C=O) groups is 1. The van der Waals surface area contributed by atoms with Crippen molar-refractivity contribution in [2.45, 2.75) is 13.8 Å². The summed E-state index contributed by atoms with van der Waals surface area (Å²) in [6, 6.07) is 9.88. The van der Waals surface area contributed by atoms with E-state index in [-0.39, 0.29) is 11.7 Å². The van der Waals surface area contributed by atoms with E-state index in [4.69, 9.17) is 0 Å². The van der Waals surface area contributed by atoms with E-state index in [1.165, 1.54) is 6.07 Å². The maximum absolute atomic E-state index is 13.1. The second-order valence-corrected chi connectivity index (χ2v) is 5.24. The lowest BCUT2D eigenvalue weighted by molar-refractivity contribution is 0.102. The van der Waals surface area contributed by atoms with Gasteiger partial charge < -0.3 is 5.32 Å². The van der Waals surface area contributed by atoms with Crippen LogP contribution in [0.5, 0.6) is 0 Å². The van der Waals surface area contributed by atoms with Crippen LogP contribution in [0.15, 0.2) is 40.9 Å². The number of carbonyl (C=O) groups excluding carboxylic acids is 1. The number of rotatable bonds is 2. The molecule has 2 nitrogen and oxygen atoms in total. The first-order valence-corrected chi connectivity index (χ1v) is 6.60. The van der Waals surface area contributed by atoms with E-state index in [0.717, 1.165) is 10.0 Å². The summed E-state index contributed by atoms with van der Waals surface area (Å²) < 4.78 is 14.1. The minimum absolute atomic E-state index is 0.207. The molecule has 0 aliphatic heterocycles. The fourth-order valence-corrected chi connectivity index (χ4v) is 1.96. The van der Waals surface area contributed by atoms with Crippen LogP contribution in [0.25, 0.3) is 0 Å². The van der Waals surface area contributed by atoms with Gasteiger partial charge in [0.25, 0.3) is 5.91 Å². The van der Waals surface area contributed by atoms with Crippen LogP contribution in [0.1, 0.15) is 21.5 Å². The van der Waals surface area contributed by atoms with E-state index >= 15 is 0 Å². The lowest BCUT2D eigenvalue weighted by Gasteiger charge is -2.08. The second-order valence-electron chi connectivity index (χ2n) is 4.38. The SMILES string of the molecule is Cc1cc(NC(=O)c2ccc(Br)c(C)c2)ccc1F. The molecular formula is C15H13BrFNO. The molecule has 19 heavy (non-hydrogen) atoms. The van der Waals surface area contributed by atoms with Crippen LogP contribution in [0.3, 0.4) is 0 Å². The number of aryl methyl sites for hydroxylation is 2. The van der Waals surface area contributed by atoms with Gasteiger partial charge >= 0.3 is 0 Å². The van der Waals surface area contributed by atoms with E-state index in [2.05, 4.69) is 21.2 Å². The molecule has 1 N–H and O–H groups in total. The minimum Gasteiger partial charge on any atom is -0.322 e. The van der Waals surface area contributed by atoms with Crippen molar-refractivity contribution in [2.24, 2.45) is 0 Å². The summed E-state index contributed by atoms with van der Waals surface area (Å²) in [6.45, 7) is 3.58. The maximum Gasteiger partial charge on any atom is 0.255 e. The summed E-state index contributed by atoms with van der Waals surface area (Å²) in [5.41, 5.74) is 2.65. The normalized spacial score (nSPS) is 10.3. The molecule has 0 atom stereocenters. The van der Waals surface area contributed by atoms with Crippen molar-refractivity contribution in [3.05, 3.63) is 63.4 Å². The second kappa shape index (κ2) is 5.53. The molecule has 0 saturated heterocycles. The lowest BCUT2D eigenvalue weighted by atomic mass is 10.1. The Bertz CT molecular complexity index is 640. The highest BCUT2D eigenvalue weighted by atomic mass is 79.9. The molecule has 0 aliphatic rings. The molecule has 0 heterocycles. The van der Waals surface area contributed by atoms with E-state index in [1.807, 2.05) is 13.0 Å². The smallest absolute Gasteiger partial charge is 0.255 e. The van der Waals surface area contributed by atoms with Gasteiger partial charge in [-0.25, -0.2) is 4.39 Å². The summed E-state index contributed by atoms with van der Waals surface area (Å²) in [5, 5.41) is 2.75. The first kappa shape index (κ1) is 13.7. The molecule has 0 spiro atoms. The van der Waals surface area contributed by atoms with Gasteiger partial charge in [0.2, 0.25) is 0 Å². The number of hydrogen-bond acceptors (Lipinski definition) is 1. The Morgan fingerprint density at radius 2 is 1.84 bits per heavy atom. The van der Waals surface area contributed by atoms with Crippen LogP contribution in [-0.4, -0.2) is 5.91 Å². The van der Waals surface area contributed by atoms with Crippen LogP contribution in [0, 0.1) is 19.7 Å². The number of hydrogen-bond donors (Lipinski definition) is 1. The van der Waals surface area contributed by atoms with E-state index in [1.54, 1.807) is 31.2 Å². The van der Waals surface area contributed by atoms with E-state index in [9.17, 15) is 9.18 Å². The first-order chi connectivity index (χ1) is 8.97. The molecule has 4 heteroatoms. The highest BCUT2D eigenvalue weighted by molar-refractivity contribution is 9.10. The third-order valence-corrected chi connectivity index (χ3v) is 3.73. The molecule has 2 aromatic rings. The largest absolute Gasteiger partial charge is 0.322 e. The number of nitrogens with one attached hydrogen (secondary N) is 1. The quantitative estimate of drug-likeness (QED) is 0.869. The van der Waals surface area contributed by atoms with Gasteiger partial charge in [-0.05, 0) is 61.4 Å². The minimum atomic E-state index is -0.280. The molecule has 1 amide bonds. The Labute approximate surface area is 119 Å². The lowest BCUT2D eigenvalue weighted by Crippen LogP contribution is -2.12. The van der Waals surface area contributed by atoms with Gasteiger partial charge in [-0.1, -0.05) is 15.9 Å². The summed E-state index contributed by atoms with van der Waals surface area (Å²) in [5.74, 6) is -0.487. The maximum atomic E-state index is 13.1. The number of halogens is 2. The molecule has 0 aliphatic carbocycles. The van der Waals surface area contributed by atoms with Crippen LogP contribution in [0.4, 0.5) is 10.1 Å². The topological polar surface area (TPSA) is 29.1 Å². The molecule has 0 bridgehead atoms. The average Bonchev–Trinajstić information content (AvgIpc) is 2.37. The average molecular weight is 322 g/mol. The molecule has 0 aromatic heterocycles. The molecule has 0 radical (unpaired) electrons. The van der Waals surface area contributed by atoms with Gasteiger partial charge in [0.05, 0.1) is 0 Å². The van der Waals surface area contributed by atoms with Crippen LogP contribution in [0.2, 0.25) is 0 Å². The Kier molecular flexibility index (Phi) is 4.00. The molecule has 2 aromatic carbocycles. The van der Waals surface area contributed by atoms with Gasteiger partial charge in [0.1, 0.15) is 5.82 Å². The molecular weight excluding hydrogens is 309 g/mol. The summed E-state index contributed by atoms with van der Waals surface area (Å²) in [6.07, 6.45) is 0. The fraction of sp³-hybridized carbons (Fsp3) is 0.133. The zero-order chi connectivity index (χ0) is 14.0. The summed E-state index contributed by atoms with van der Waals surface area (Å²) >= 11 is 3.39. The van der Waals surface area contributed by atoms with Gasteiger partial charge in [0.15, 0.2) is 0 Å². The van der Waals surface area contributed by atoms with Crippen LogP contribution >= 0.6 is 15.9 Å². The van der Waals surface area contributed by atoms with Crippen LogP contribution in [-0.2, 0) is 0 Å². The zero-order valence-corrected chi connectivity index (χ0v) is 12.2. The Hall–Kier alpha value is -1.68. The fourth-order valence-electron chi connectivity index (χ4n) is 1.71. The first-order valence-electron chi connectivity index (χ1n) is 5.81. The molecule has 0 unspecified atom stereocenters. The van der Waals surface area contributed by atoms with Gasteiger partial charge in [-0.3, -0.25) is 4.79 Å². The Morgan fingerprint density at radius 3 is 2.47 bits per heavy atom. The van der Waals surface area contributed by atoms with Crippen molar-refractivity contribution in [1.29, 1.82) is 0 Å². The van der Waals surface area contributed by atoms with E-state index in [0.29, 0.717) is 16.8 Å². The third-order valence-electron chi connectivity index (χ3n) is 2.84. The van der Waals surface area contributed by atoms with Gasteiger partial charge in [-0.2, -0.15) is 0 Å². The molecule has 0 saturated carbocycles. The van der Waals surface area contributed by atoms with Gasteiger partial charge in [-0.15, -0.1) is 0 Å². The molecule has 0 fully saturated rings. The standard InChI is InChI=1S/C15H13BrFNO/c1-9-7-11(3-5-13(9)16)15(19)18-12-4-6-14(17)10(2)8-12/h3-8H,1-2H3,(H,18,19).